The van der Waals surface area contributed by atoms with Gasteiger partial charge in [0, 0.05) is 23.5 Å². The standard InChI is InChI=1S/C26H30N2O2S/c1-16-9-7-11-21(18(16)3)27-25(29)20-12-13-23-22(14-20)28(4)26(30)24(31-23)15-19-10-6-5-8-17(19)2/h5-6,8,10,12-16,18,21H,7,9,11H2,1-4H3,(H,27,29)/b24-15-/t16-,18+,21+/m0/s1. The second kappa shape index (κ2) is 8.91. The van der Waals surface area contributed by atoms with Gasteiger partial charge in [-0.15, -0.1) is 0 Å². The molecule has 2 aliphatic rings. The average molecular weight is 435 g/mol. The van der Waals surface area contributed by atoms with Crippen molar-refractivity contribution in [2.45, 2.75) is 51.0 Å². The van der Waals surface area contributed by atoms with Gasteiger partial charge in [-0.1, -0.05) is 62.7 Å². The normalized spacial score (nSPS) is 24.8. The summed E-state index contributed by atoms with van der Waals surface area (Å²) in [6.45, 7) is 6.54. The SMILES string of the molecule is Cc1ccccc1/C=C1\Sc2ccc(C(=O)N[C@@H]3CCC[C@H](C)[C@H]3C)cc2N(C)C1=O. The number of likely N-dealkylation sites (N-methyl/N-ethyl adjacent to an activating group) is 1. The topological polar surface area (TPSA) is 49.4 Å². The van der Waals surface area contributed by atoms with Crippen molar-refractivity contribution in [1.82, 2.24) is 5.32 Å². The highest BCUT2D eigenvalue weighted by Gasteiger charge is 2.30. The van der Waals surface area contributed by atoms with Crippen LogP contribution in [0.2, 0.25) is 0 Å². The molecule has 0 spiro atoms. The average Bonchev–Trinajstić information content (AvgIpc) is 2.76. The molecule has 0 radical (unpaired) electrons. The fourth-order valence-corrected chi connectivity index (χ4v) is 5.55. The molecule has 0 unspecified atom stereocenters. The Kier molecular flexibility index (Phi) is 6.24. The van der Waals surface area contributed by atoms with Gasteiger partial charge >= 0.3 is 0 Å². The van der Waals surface area contributed by atoms with Crippen LogP contribution in [0.1, 0.15) is 54.6 Å². The molecule has 1 heterocycles. The molecular weight excluding hydrogens is 404 g/mol. The van der Waals surface area contributed by atoms with Gasteiger partial charge in [-0.05, 0) is 60.6 Å². The van der Waals surface area contributed by atoms with Crippen molar-refractivity contribution in [2.75, 3.05) is 11.9 Å². The number of thioether (sulfide) groups is 1. The van der Waals surface area contributed by atoms with Crippen LogP contribution in [0, 0.1) is 18.8 Å². The number of nitrogens with zero attached hydrogens (tertiary/aromatic N) is 1. The summed E-state index contributed by atoms with van der Waals surface area (Å²) < 4.78 is 0. The molecule has 162 valence electrons. The maximum atomic E-state index is 13.0. The molecule has 1 saturated carbocycles. The Hall–Kier alpha value is -2.53. The summed E-state index contributed by atoms with van der Waals surface area (Å²) in [7, 11) is 1.78. The molecule has 0 aromatic heterocycles. The molecule has 1 aliphatic carbocycles. The van der Waals surface area contributed by atoms with Crippen molar-refractivity contribution in [3.63, 3.8) is 0 Å². The first-order valence-electron chi connectivity index (χ1n) is 11.0. The zero-order valence-electron chi connectivity index (χ0n) is 18.6. The van der Waals surface area contributed by atoms with E-state index >= 15 is 0 Å². The van der Waals surface area contributed by atoms with Crippen LogP contribution >= 0.6 is 11.8 Å². The van der Waals surface area contributed by atoms with Gasteiger partial charge in [0.25, 0.3) is 11.8 Å². The largest absolute Gasteiger partial charge is 0.349 e. The molecule has 1 aliphatic heterocycles. The van der Waals surface area contributed by atoms with Gasteiger partial charge in [-0.3, -0.25) is 9.59 Å². The molecule has 2 aromatic rings. The van der Waals surface area contributed by atoms with Crippen LogP contribution in [0.4, 0.5) is 5.69 Å². The molecule has 0 saturated heterocycles. The Bertz CT molecular complexity index is 1050. The summed E-state index contributed by atoms with van der Waals surface area (Å²) in [5.74, 6) is 0.999. The third-order valence-electron chi connectivity index (χ3n) is 6.82. The van der Waals surface area contributed by atoms with Crippen molar-refractivity contribution in [3.8, 4) is 0 Å². The Morgan fingerprint density at radius 2 is 1.94 bits per heavy atom. The van der Waals surface area contributed by atoms with E-state index in [-0.39, 0.29) is 17.9 Å². The molecule has 2 amide bonds. The van der Waals surface area contributed by atoms with Crippen LogP contribution < -0.4 is 10.2 Å². The highest BCUT2D eigenvalue weighted by Crippen LogP contribution is 2.42. The number of anilines is 1. The first-order valence-corrected chi connectivity index (χ1v) is 11.8. The second-order valence-corrected chi connectivity index (χ2v) is 9.94. The molecule has 3 atom stereocenters. The maximum absolute atomic E-state index is 13.0. The van der Waals surface area contributed by atoms with Crippen molar-refractivity contribution >= 4 is 35.3 Å². The number of hydrogen-bond donors (Lipinski definition) is 1. The number of fused-ring (bicyclic) bond motifs is 1. The molecule has 31 heavy (non-hydrogen) atoms. The van der Waals surface area contributed by atoms with Gasteiger partial charge in [0.05, 0.1) is 10.6 Å². The van der Waals surface area contributed by atoms with Crippen LogP contribution in [-0.2, 0) is 4.79 Å². The van der Waals surface area contributed by atoms with E-state index in [1.165, 1.54) is 18.2 Å². The van der Waals surface area contributed by atoms with Gasteiger partial charge in [0.2, 0.25) is 0 Å². The molecule has 4 nitrogen and oxygen atoms in total. The van der Waals surface area contributed by atoms with Gasteiger partial charge in [-0.2, -0.15) is 0 Å². The lowest BCUT2D eigenvalue weighted by Gasteiger charge is -2.34. The summed E-state index contributed by atoms with van der Waals surface area (Å²) in [6, 6.07) is 13.9. The lowest BCUT2D eigenvalue weighted by Crippen LogP contribution is -2.43. The van der Waals surface area contributed by atoms with Crippen molar-refractivity contribution in [2.24, 2.45) is 11.8 Å². The predicted octanol–water partition coefficient (Wildman–Crippen LogP) is 5.66. The van der Waals surface area contributed by atoms with E-state index in [9.17, 15) is 9.59 Å². The predicted molar refractivity (Wildman–Crippen MR) is 128 cm³/mol. The zero-order chi connectivity index (χ0) is 22.1. The lowest BCUT2D eigenvalue weighted by atomic mass is 9.78. The molecule has 2 aromatic carbocycles. The summed E-state index contributed by atoms with van der Waals surface area (Å²) in [6.07, 6.45) is 5.37. The molecule has 1 N–H and O–H groups in total. The highest BCUT2D eigenvalue weighted by molar-refractivity contribution is 8.04. The monoisotopic (exact) mass is 434 g/mol. The van der Waals surface area contributed by atoms with E-state index in [4.69, 9.17) is 0 Å². The zero-order valence-corrected chi connectivity index (χ0v) is 19.5. The Labute approximate surface area is 189 Å². The minimum Gasteiger partial charge on any atom is -0.349 e. The van der Waals surface area contributed by atoms with E-state index in [1.807, 2.05) is 55.5 Å². The van der Waals surface area contributed by atoms with E-state index in [0.29, 0.717) is 22.3 Å². The molecule has 0 bridgehead atoms. The summed E-state index contributed by atoms with van der Waals surface area (Å²) in [5, 5.41) is 3.24. The highest BCUT2D eigenvalue weighted by atomic mass is 32.2. The minimum atomic E-state index is -0.0548. The van der Waals surface area contributed by atoms with Crippen LogP contribution in [0.3, 0.4) is 0 Å². The second-order valence-electron chi connectivity index (χ2n) is 8.86. The number of carbonyl (C=O) groups excluding carboxylic acids is 2. The van der Waals surface area contributed by atoms with Crippen LogP contribution in [-0.4, -0.2) is 24.9 Å². The number of benzene rings is 2. The van der Waals surface area contributed by atoms with Crippen molar-refractivity contribution in [3.05, 3.63) is 64.1 Å². The van der Waals surface area contributed by atoms with Gasteiger partial charge in [0.15, 0.2) is 0 Å². The Morgan fingerprint density at radius 3 is 2.71 bits per heavy atom. The van der Waals surface area contributed by atoms with Crippen LogP contribution in [0.25, 0.3) is 6.08 Å². The summed E-state index contributed by atoms with van der Waals surface area (Å²) in [4.78, 5) is 29.3. The number of hydrogen-bond acceptors (Lipinski definition) is 3. The number of nitrogens with one attached hydrogen (secondary N) is 1. The van der Waals surface area contributed by atoms with E-state index in [1.54, 1.807) is 11.9 Å². The van der Waals surface area contributed by atoms with Crippen LogP contribution in [0.15, 0.2) is 52.3 Å². The lowest BCUT2D eigenvalue weighted by molar-refractivity contribution is -0.114. The Morgan fingerprint density at radius 1 is 1.16 bits per heavy atom. The summed E-state index contributed by atoms with van der Waals surface area (Å²) >= 11 is 1.47. The first kappa shape index (κ1) is 21.7. The molecular formula is C26H30N2O2S. The van der Waals surface area contributed by atoms with E-state index in [0.717, 1.165) is 34.6 Å². The third kappa shape index (κ3) is 4.42. The minimum absolute atomic E-state index is 0.0481. The van der Waals surface area contributed by atoms with Crippen molar-refractivity contribution in [1.29, 1.82) is 0 Å². The summed E-state index contributed by atoms with van der Waals surface area (Å²) in [5.41, 5.74) is 3.57. The van der Waals surface area contributed by atoms with Gasteiger partial charge < -0.3 is 10.2 Å². The van der Waals surface area contributed by atoms with Crippen LogP contribution in [0.5, 0.6) is 0 Å². The van der Waals surface area contributed by atoms with Gasteiger partial charge in [0.1, 0.15) is 0 Å². The Balaban J connectivity index is 1.56. The van der Waals surface area contributed by atoms with Gasteiger partial charge in [-0.25, -0.2) is 0 Å². The fraction of sp³-hybridized carbons (Fsp3) is 0.385. The number of amides is 2. The molecule has 4 rings (SSSR count). The van der Waals surface area contributed by atoms with E-state index in [2.05, 4.69) is 19.2 Å². The fourth-order valence-electron chi connectivity index (χ4n) is 4.46. The number of carbonyl (C=O) groups is 2. The first-order chi connectivity index (χ1) is 14.8. The quantitative estimate of drug-likeness (QED) is 0.634. The van der Waals surface area contributed by atoms with E-state index < -0.39 is 0 Å². The maximum Gasteiger partial charge on any atom is 0.264 e. The molecule has 1 fully saturated rings. The smallest absolute Gasteiger partial charge is 0.264 e. The number of rotatable bonds is 3. The van der Waals surface area contributed by atoms with Crippen molar-refractivity contribution < 1.29 is 9.59 Å². The third-order valence-corrected chi connectivity index (χ3v) is 7.89. The number of aryl methyl sites for hydroxylation is 1. The molecule has 5 heteroatoms.